The molecule has 2 rings (SSSR count). The molecule has 1 atom stereocenters. The first-order chi connectivity index (χ1) is 6.65. The van der Waals surface area contributed by atoms with E-state index in [1.54, 1.807) is 0 Å². The highest BCUT2D eigenvalue weighted by atomic mass is 16.5. The molecule has 0 bridgehead atoms. The average Bonchev–Trinajstić information content (AvgIpc) is 2.17. The lowest BCUT2D eigenvalue weighted by atomic mass is 9.91. The number of aliphatic hydroxyl groups is 1. The minimum absolute atomic E-state index is 0.0278. The smallest absolute Gasteiger partial charge is 0.358 e. The van der Waals surface area contributed by atoms with Gasteiger partial charge in [-0.05, 0) is 6.42 Å². The Labute approximate surface area is 80.9 Å². The van der Waals surface area contributed by atoms with Crippen molar-refractivity contribution in [3.63, 3.8) is 0 Å². The zero-order valence-corrected chi connectivity index (χ0v) is 7.82. The Hall–Kier alpha value is -1.52. The van der Waals surface area contributed by atoms with Crippen molar-refractivity contribution in [2.24, 2.45) is 0 Å². The van der Waals surface area contributed by atoms with Gasteiger partial charge in [0.25, 0.3) is 0 Å². The number of carbonyl (C=O) groups excluding carboxylic acids is 2. The molecule has 0 radical (unpaired) electrons. The van der Waals surface area contributed by atoms with Crippen LogP contribution in [0.25, 0.3) is 0 Å². The molecule has 2 aliphatic heterocycles. The molecule has 0 saturated carbocycles. The van der Waals surface area contributed by atoms with Gasteiger partial charge in [-0.1, -0.05) is 0 Å². The number of rotatable bonds is 1. The number of fused-ring (bicyclic) bond motifs is 1. The summed E-state index contributed by atoms with van der Waals surface area (Å²) in [6.07, 6.45) is 1.63. The Balaban J connectivity index is 2.33. The van der Waals surface area contributed by atoms with E-state index in [9.17, 15) is 14.7 Å². The standard InChI is InChI=1S/C9H11NO4/c1-14-9(13)8-6(11)3-2-5-4-7(12)10(5)8/h5,11H,2-4H2,1H3. The second kappa shape index (κ2) is 3.01. The predicted octanol–water partition coefficient (Wildman–Crippen LogP) is 0.324. The Bertz CT molecular complexity index is 334. The highest BCUT2D eigenvalue weighted by Crippen LogP contribution is 2.35. The fourth-order valence-electron chi connectivity index (χ4n) is 1.89. The summed E-state index contributed by atoms with van der Waals surface area (Å²) in [7, 11) is 1.23. The van der Waals surface area contributed by atoms with Gasteiger partial charge in [-0.3, -0.25) is 9.69 Å². The molecule has 1 unspecified atom stereocenters. The molecule has 14 heavy (non-hydrogen) atoms. The van der Waals surface area contributed by atoms with E-state index in [0.717, 1.165) is 6.42 Å². The van der Waals surface area contributed by atoms with E-state index >= 15 is 0 Å². The first kappa shape index (κ1) is 9.05. The Morgan fingerprint density at radius 2 is 2.36 bits per heavy atom. The number of hydrogen-bond donors (Lipinski definition) is 1. The molecular weight excluding hydrogens is 186 g/mol. The third kappa shape index (κ3) is 1.08. The van der Waals surface area contributed by atoms with Crippen LogP contribution in [0.5, 0.6) is 0 Å². The topological polar surface area (TPSA) is 66.8 Å². The van der Waals surface area contributed by atoms with E-state index in [0.29, 0.717) is 12.8 Å². The van der Waals surface area contributed by atoms with Crippen LogP contribution in [0.4, 0.5) is 0 Å². The molecule has 5 heteroatoms. The third-order valence-electron chi connectivity index (χ3n) is 2.65. The minimum atomic E-state index is -0.639. The summed E-state index contributed by atoms with van der Waals surface area (Å²) in [6, 6.07) is 0.0764. The molecule has 76 valence electrons. The molecule has 0 aliphatic carbocycles. The van der Waals surface area contributed by atoms with Crippen molar-refractivity contribution in [1.29, 1.82) is 0 Å². The minimum Gasteiger partial charge on any atom is -0.510 e. The fourth-order valence-corrected chi connectivity index (χ4v) is 1.89. The molecule has 1 amide bonds. The predicted molar refractivity (Wildman–Crippen MR) is 46.2 cm³/mol. The number of esters is 1. The van der Waals surface area contributed by atoms with Crippen LogP contribution in [0, 0.1) is 0 Å². The van der Waals surface area contributed by atoms with Crippen molar-refractivity contribution >= 4 is 11.9 Å². The van der Waals surface area contributed by atoms with Gasteiger partial charge in [0, 0.05) is 18.9 Å². The summed E-state index contributed by atoms with van der Waals surface area (Å²) >= 11 is 0. The summed E-state index contributed by atoms with van der Waals surface area (Å²) in [5.41, 5.74) is 0.0278. The van der Waals surface area contributed by atoms with Crippen molar-refractivity contribution in [2.75, 3.05) is 7.11 Å². The third-order valence-corrected chi connectivity index (χ3v) is 2.65. The monoisotopic (exact) mass is 197 g/mol. The SMILES string of the molecule is COC(=O)C1=C(O)CCC2CC(=O)N12. The molecule has 0 spiro atoms. The van der Waals surface area contributed by atoms with Gasteiger partial charge in [0.15, 0.2) is 5.70 Å². The van der Waals surface area contributed by atoms with Crippen molar-refractivity contribution < 1.29 is 19.4 Å². The van der Waals surface area contributed by atoms with Gasteiger partial charge < -0.3 is 9.84 Å². The van der Waals surface area contributed by atoms with Crippen molar-refractivity contribution in [3.8, 4) is 0 Å². The second-order valence-corrected chi connectivity index (χ2v) is 3.45. The molecule has 5 nitrogen and oxygen atoms in total. The molecule has 1 fully saturated rings. The zero-order chi connectivity index (χ0) is 10.3. The summed E-state index contributed by atoms with van der Waals surface area (Å²) < 4.78 is 4.51. The zero-order valence-electron chi connectivity index (χ0n) is 7.82. The van der Waals surface area contributed by atoms with Crippen LogP contribution in [0.2, 0.25) is 0 Å². The number of methoxy groups -OCH3 is 1. The Kier molecular flexibility index (Phi) is 1.94. The van der Waals surface area contributed by atoms with Crippen LogP contribution >= 0.6 is 0 Å². The molecule has 1 saturated heterocycles. The van der Waals surface area contributed by atoms with Crippen LogP contribution in [0.3, 0.4) is 0 Å². The number of hydrogen-bond acceptors (Lipinski definition) is 4. The number of allylic oxidation sites excluding steroid dienone is 1. The molecule has 2 aliphatic rings. The number of β-lactam (4-membered cyclic amide) rings is 1. The van der Waals surface area contributed by atoms with Crippen LogP contribution in [-0.2, 0) is 14.3 Å². The first-order valence-electron chi connectivity index (χ1n) is 4.47. The molecule has 0 aromatic carbocycles. The van der Waals surface area contributed by atoms with Gasteiger partial charge in [-0.15, -0.1) is 0 Å². The lowest BCUT2D eigenvalue weighted by molar-refractivity contribution is -0.152. The number of nitrogens with zero attached hydrogens (tertiary/aromatic N) is 1. The van der Waals surface area contributed by atoms with E-state index in [4.69, 9.17) is 0 Å². The summed E-state index contributed by atoms with van der Waals surface area (Å²) in [4.78, 5) is 23.8. The van der Waals surface area contributed by atoms with Crippen molar-refractivity contribution in [3.05, 3.63) is 11.5 Å². The average molecular weight is 197 g/mol. The van der Waals surface area contributed by atoms with Crippen LogP contribution in [-0.4, -0.2) is 35.0 Å². The summed E-state index contributed by atoms with van der Waals surface area (Å²) in [6.45, 7) is 0. The normalized spacial score (nSPS) is 25.6. The van der Waals surface area contributed by atoms with Crippen LogP contribution in [0.15, 0.2) is 11.5 Å². The maximum atomic E-state index is 11.3. The number of carbonyl (C=O) groups is 2. The Morgan fingerprint density at radius 3 is 2.93 bits per heavy atom. The van der Waals surface area contributed by atoms with Gasteiger partial charge >= 0.3 is 5.97 Å². The first-order valence-corrected chi connectivity index (χ1v) is 4.47. The van der Waals surface area contributed by atoms with Gasteiger partial charge in [0.2, 0.25) is 5.91 Å². The Morgan fingerprint density at radius 1 is 1.64 bits per heavy atom. The molecule has 0 aromatic rings. The maximum Gasteiger partial charge on any atom is 0.358 e. The fraction of sp³-hybridized carbons (Fsp3) is 0.556. The van der Waals surface area contributed by atoms with E-state index < -0.39 is 5.97 Å². The van der Waals surface area contributed by atoms with E-state index in [1.807, 2.05) is 0 Å². The molecule has 0 aromatic heterocycles. The largest absolute Gasteiger partial charge is 0.510 e. The van der Waals surface area contributed by atoms with Gasteiger partial charge in [0.1, 0.15) is 5.76 Å². The number of aliphatic hydroxyl groups excluding tert-OH is 1. The van der Waals surface area contributed by atoms with E-state index in [1.165, 1.54) is 12.0 Å². The van der Waals surface area contributed by atoms with Gasteiger partial charge in [-0.2, -0.15) is 0 Å². The number of ether oxygens (including phenoxy) is 1. The highest BCUT2D eigenvalue weighted by molar-refractivity contribution is 5.97. The maximum absolute atomic E-state index is 11.3. The summed E-state index contributed by atoms with van der Waals surface area (Å²) in [5, 5.41) is 9.50. The van der Waals surface area contributed by atoms with Gasteiger partial charge in [0.05, 0.1) is 7.11 Å². The van der Waals surface area contributed by atoms with Gasteiger partial charge in [-0.25, -0.2) is 4.79 Å². The van der Waals surface area contributed by atoms with E-state index in [2.05, 4.69) is 4.74 Å². The van der Waals surface area contributed by atoms with E-state index in [-0.39, 0.29) is 23.4 Å². The molecule has 2 heterocycles. The van der Waals surface area contributed by atoms with Crippen LogP contribution in [0.1, 0.15) is 19.3 Å². The highest BCUT2D eigenvalue weighted by Gasteiger charge is 2.45. The lowest BCUT2D eigenvalue weighted by Crippen LogP contribution is -2.55. The van der Waals surface area contributed by atoms with Crippen LogP contribution < -0.4 is 0 Å². The molecular formula is C9H11NO4. The van der Waals surface area contributed by atoms with Crippen molar-refractivity contribution in [1.82, 2.24) is 4.90 Å². The van der Waals surface area contributed by atoms with Crippen molar-refractivity contribution in [2.45, 2.75) is 25.3 Å². The lowest BCUT2D eigenvalue weighted by Gasteiger charge is -2.43. The second-order valence-electron chi connectivity index (χ2n) is 3.45. The molecule has 1 N–H and O–H groups in total. The quantitative estimate of drug-likeness (QED) is 0.485. The number of amides is 1. The summed E-state index contributed by atoms with van der Waals surface area (Å²) in [5.74, 6) is -0.803.